The standard InChI is InChI=1S/C23H30N2O3S/c1-4-14-25(21-13-12-18-8-5-6-9-19(18)15-21)23(26)20-10-7-11-22(16-20)29(27,28)24-17(2)3/h5-11,16-17,21,24H,4,12-15H2,1-3H3. The predicted molar refractivity (Wildman–Crippen MR) is 115 cm³/mol. The van der Waals surface area contributed by atoms with E-state index in [2.05, 4.69) is 29.8 Å². The highest BCUT2D eigenvalue weighted by molar-refractivity contribution is 7.89. The molecule has 0 heterocycles. The molecule has 0 saturated carbocycles. The van der Waals surface area contributed by atoms with Crippen LogP contribution in [0.3, 0.4) is 0 Å². The molecule has 1 N–H and O–H groups in total. The molecule has 2 aromatic carbocycles. The quantitative estimate of drug-likeness (QED) is 0.750. The van der Waals surface area contributed by atoms with Crippen molar-refractivity contribution < 1.29 is 13.2 Å². The molecule has 3 rings (SSSR count). The summed E-state index contributed by atoms with van der Waals surface area (Å²) in [5, 5.41) is 0. The van der Waals surface area contributed by atoms with Gasteiger partial charge in [0.15, 0.2) is 0 Å². The molecule has 0 aliphatic heterocycles. The summed E-state index contributed by atoms with van der Waals surface area (Å²) in [5.41, 5.74) is 3.08. The topological polar surface area (TPSA) is 66.5 Å². The number of carbonyl (C=O) groups is 1. The third-order valence-electron chi connectivity index (χ3n) is 5.27. The lowest BCUT2D eigenvalue weighted by molar-refractivity contribution is 0.0661. The van der Waals surface area contributed by atoms with Crippen LogP contribution < -0.4 is 4.72 Å². The molecule has 0 fully saturated rings. The van der Waals surface area contributed by atoms with Gasteiger partial charge < -0.3 is 4.90 Å². The summed E-state index contributed by atoms with van der Waals surface area (Å²) < 4.78 is 27.6. The minimum absolute atomic E-state index is 0.0992. The van der Waals surface area contributed by atoms with Gasteiger partial charge >= 0.3 is 0 Å². The maximum atomic E-state index is 13.4. The van der Waals surface area contributed by atoms with Crippen LogP contribution in [0.1, 0.15) is 55.1 Å². The van der Waals surface area contributed by atoms with Gasteiger partial charge in [0.25, 0.3) is 5.91 Å². The molecule has 0 saturated heterocycles. The number of fused-ring (bicyclic) bond motifs is 1. The average molecular weight is 415 g/mol. The first-order valence-corrected chi connectivity index (χ1v) is 11.8. The van der Waals surface area contributed by atoms with Crippen molar-refractivity contribution >= 4 is 15.9 Å². The lowest BCUT2D eigenvalue weighted by atomic mass is 9.87. The predicted octanol–water partition coefficient (Wildman–Crippen LogP) is 3.78. The summed E-state index contributed by atoms with van der Waals surface area (Å²) in [6.07, 6.45) is 3.59. The molecule has 6 heteroatoms. The molecule has 1 amide bonds. The molecule has 0 bridgehead atoms. The first-order valence-electron chi connectivity index (χ1n) is 10.3. The zero-order valence-electron chi connectivity index (χ0n) is 17.4. The Bertz CT molecular complexity index is 970. The fraction of sp³-hybridized carbons (Fsp3) is 0.435. The highest BCUT2D eigenvalue weighted by Crippen LogP contribution is 2.26. The molecular weight excluding hydrogens is 384 g/mol. The van der Waals surface area contributed by atoms with Crippen molar-refractivity contribution in [2.45, 2.75) is 63.4 Å². The van der Waals surface area contributed by atoms with Crippen LogP contribution in [0.5, 0.6) is 0 Å². The molecule has 5 nitrogen and oxygen atoms in total. The number of hydrogen-bond acceptors (Lipinski definition) is 3. The van der Waals surface area contributed by atoms with Gasteiger partial charge in [-0.3, -0.25) is 4.79 Å². The summed E-state index contributed by atoms with van der Waals surface area (Å²) in [5.74, 6) is -0.0992. The van der Waals surface area contributed by atoms with Crippen LogP contribution in [0.25, 0.3) is 0 Å². The number of benzene rings is 2. The zero-order valence-corrected chi connectivity index (χ0v) is 18.2. The zero-order chi connectivity index (χ0) is 21.0. The van der Waals surface area contributed by atoms with Crippen LogP contribution in [0.4, 0.5) is 0 Å². The van der Waals surface area contributed by atoms with E-state index in [1.54, 1.807) is 26.0 Å². The number of hydrogen-bond donors (Lipinski definition) is 1. The summed E-state index contributed by atoms with van der Waals surface area (Å²) in [6.45, 7) is 6.27. The second kappa shape index (κ2) is 9.09. The molecule has 0 spiro atoms. The highest BCUT2D eigenvalue weighted by atomic mass is 32.2. The number of carbonyl (C=O) groups excluding carboxylic acids is 1. The second-order valence-electron chi connectivity index (χ2n) is 7.97. The highest BCUT2D eigenvalue weighted by Gasteiger charge is 2.28. The van der Waals surface area contributed by atoms with Gasteiger partial charge in [0.1, 0.15) is 0 Å². The first kappa shape index (κ1) is 21.5. The largest absolute Gasteiger partial charge is 0.335 e. The molecule has 1 aliphatic carbocycles. The maximum Gasteiger partial charge on any atom is 0.254 e. The molecule has 1 atom stereocenters. The van der Waals surface area contributed by atoms with Crippen molar-refractivity contribution in [1.82, 2.24) is 9.62 Å². The van der Waals surface area contributed by atoms with Crippen LogP contribution in [-0.2, 0) is 22.9 Å². The monoisotopic (exact) mass is 414 g/mol. The van der Waals surface area contributed by atoms with E-state index in [0.717, 1.165) is 25.7 Å². The van der Waals surface area contributed by atoms with Gasteiger partial charge in [-0.15, -0.1) is 0 Å². The van der Waals surface area contributed by atoms with Crippen LogP contribution >= 0.6 is 0 Å². The van der Waals surface area contributed by atoms with E-state index in [1.165, 1.54) is 23.3 Å². The fourth-order valence-electron chi connectivity index (χ4n) is 3.98. The Labute approximate surface area is 174 Å². The molecule has 0 aromatic heterocycles. The molecular formula is C23H30N2O3S. The Morgan fingerprint density at radius 3 is 2.55 bits per heavy atom. The van der Waals surface area contributed by atoms with Crippen molar-refractivity contribution in [3.05, 3.63) is 65.2 Å². The molecule has 2 aromatic rings. The Morgan fingerprint density at radius 2 is 1.86 bits per heavy atom. The molecule has 0 radical (unpaired) electrons. The van der Waals surface area contributed by atoms with E-state index in [1.807, 2.05) is 11.0 Å². The van der Waals surface area contributed by atoms with Gasteiger partial charge in [-0.25, -0.2) is 13.1 Å². The molecule has 29 heavy (non-hydrogen) atoms. The number of rotatable bonds is 7. The van der Waals surface area contributed by atoms with E-state index < -0.39 is 10.0 Å². The van der Waals surface area contributed by atoms with Gasteiger partial charge in [0, 0.05) is 24.2 Å². The van der Waals surface area contributed by atoms with E-state index >= 15 is 0 Å². The summed E-state index contributed by atoms with van der Waals surface area (Å²) in [7, 11) is -3.64. The lowest BCUT2D eigenvalue weighted by Crippen LogP contribution is -2.44. The SMILES string of the molecule is CCCN(C(=O)c1cccc(S(=O)(=O)NC(C)C)c1)C1CCc2ccccc2C1. The van der Waals surface area contributed by atoms with E-state index in [-0.39, 0.29) is 22.9 Å². The number of nitrogens with zero attached hydrogens (tertiary/aromatic N) is 1. The van der Waals surface area contributed by atoms with Gasteiger partial charge in [-0.05, 0) is 68.9 Å². The van der Waals surface area contributed by atoms with Crippen molar-refractivity contribution in [1.29, 1.82) is 0 Å². The van der Waals surface area contributed by atoms with Crippen LogP contribution in [0.2, 0.25) is 0 Å². The van der Waals surface area contributed by atoms with Crippen LogP contribution in [0.15, 0.2) is 53.4 Å². The summed E-state index contributed by atoms with van der Waals surface area (Å²) in [6, 6.07) is 14.7. The van der Waals surface area contributed by atoms with Crippen molar-refractivity contribution in [2.75, 3.05) is 6.54 Å². The Hall–Kier alpha value is -2.18. The van der Waals surface area contributed by atoms with E-state index in [4.69, 9.17) is 0 Å². The molecule has 1 unspecified atom stereocenters. The maximum absolute atomic E-state index is 13.4. The molecule has 156 valence electrons. The Kier molecular flexibility index (Phi) is 6.75. The van der Waals surface area contributed by atoms with Crippen molar-refractivity contribution in [3.8, 4) is 0 Å². The van der Waals surface area contributed by atoms with Crippen molar-refractivity contribution in [3.63, 3.8) is 0 Å². The van der Waals surface area contributed by atoms with Gasteiger partial charge in [0.05, 0.1) is 4.90 Å². The van der Waals surface area contributed by atoms with Crippen molar-refractivity contribution in [2.24, 2.45) is 0 Å². The lowest BCUT2D eigenvalue weighted by Gasteiger charge is -2.35. The average Bonchev–Trinajstić information content (AvgIpc) is 2.70. The van der Waals surface area contributed by atoms with E-state index in [0.29, 0.717) is 12.1 Å². The van der Waals surface area contributed by atoms with Crippen LogP contribution in [-0.4, -0.2) is 37.9 Å². The second-order valence-corrected chi connectivity index (χ2v) is 9.68. The normalized spacial score (nSPS) is 16.5. The molecule has 1 aliphatic rings. The van der Waals surface area contributed by atoms with Crippen LogP contribution in [0, 0.1) is 0 Å². The third-order valence-corrected chi connectivity index (χ3v) is 6.93. The van der Waals surface area contributed by atoms with Gasteiger partial charge in [-0.1, -0.05) is 37.3 Å². The van der Waals surface area contributed by atoms with Gasteiger partial charge in [-0.2, -0.15) is 0 Å². The number of aryl methyl sites for hydroxylation is 1. The smallest absolute Gasteiger partial charge is 0.254 e. The van der Waals surface area contributed by atoms with E-state index in [9.17, 15) is 13.2 Å². The fourth-order valence-corrected chi connectivity index (χ4v) is 5.27. The minimum Gasteiger partial charge on any atom is -0.335 e. The number of amides is 1. The third kappa shape index (κ3) is 5.06. The minimum atomic E-state index is -3.64. The van der Waals surface area contributed by atoms with Gasteiger partial charge in [0.2, 0.25) is 10.0 Å². The summed E-state index contributed by atoms with van der Waals surface area (Å²) >= 11 is 0. The Balaban J connectivity index is 1.86. The first-order chi connectivity index (χ1) is 13.8. The Morgan fingerprint density at radius 1 is 1.14 bits per heavy atom. The number of nitrogens with one attached hydrogen (secondary N) is 1. The number of sulfonamides is 1. The summed E-state index contributed by atoms with van der Waals surface area (Å²) in [4.78, 5) is 15.4.